The Morgan fingerprint density at radius 2 is 2.15 bits per heavy atom. The van der Waals surface area contributed by atoms with Crippen LogP contribution in [0.1, 0.15) is 17.6 Å². The molecule has 0 aliphatic rings. The fraction of sp³-hybridized carbons (Fsp3) is 0.143. The van der Waals surface area contributed by atoms with Gasteiger partial charge < -0.3 is 0 Å². The van der Waals surface area contributed by atoms with E-state index in [0.29, 0.717) is 6.20 Å². The summed E-state index contributed by atoms with van der Waals surface area (Å²) in [5.74, 6) is -1.04. The largest absolute Gasteiger partial charge is 0.267 e. The van der Waals surface area contributed by atoms with Gasteiger partial charge >= 0.3 is 0 Å². The van der Waals surface area contributed by atoms with E-state index in [2.05, 4.69) is 20.9 Å². The summed E-state index contributed by atoms with van der Waals surface area (Å²) in [5.41, 5.74) is -1.38. The normalized spacial score (nSPS) is 10.2. The van der Waals surface area contributed by atoms with Crippen LogP contribution in [0.3, 0.4) is 0 Å². The molecule has 0 spiro atoms. The van der Waals surface area contributed by atoms with Crippen molar-refractivity contribution in [3.05, 3.63) is 27.7 Å². The molecule has 2 nitrogen and oxygen atoms in total. The number of hydrogen-bond acceptors (Lipinski definition) is 2. The number of nitriles is 1. The van der Waals surface area contributed by atoms with Crippen LogP contribution in [0.4, 0.5) is 13.2 Å². The molecule has 1 aromatic heterocycles. The Labute approximate surface area is 80.1 Å². The summed E-state index contributed by atoms with van der Waals surface area (Å²) in [4.78, 5) is 3.32. The number of alkyl halides is 2. The van der Waals surface area contributed by atoms with Crippen LogP contribution >= 0.6 is 15.9 Å². The molecule has 68 valence electrons. The van der Waals surface area contributed by atoms with Crippen molar-refractivity contribution in [3.8, 4) is 6.07 Å². The molecule has 1 rings (SSSR count). The third-order valence-electron chi connectivity index (χ3n) is 1.35. The molecule has 0 aliphatic heterocycles. The molecule has 0 bridgehead atoms. The highest BCUT2D eigenvalue weighted by molar-refractivity contribution is 9.10. The van der Waals surface area contributed by atoms with Crippen molar-refractivity contribution in [2.24, 2.45) is 0 Å². The Balaban J connectivity index is 3.46. The first-order valence-corrected chi connectivity index (χ1v) is 3.89. The zero-order valence-corrected chi connectivity index (χ0v) is 7.65. The van der Waals surface area contributed by atoms with Gasteiger partial charge in [0.25, 0.3) is 6.43 Å². The van der Waals surface area contributed by atoms with Crippen molar-refractivity contribution in [1.82, 2.24) is 4.98 Å². The molecule has 0 saturated heterocycles. The lowest BCUT2D eigenvalue weighted by molar-refractivity contribution is 0.149. The first-order chi connectivity index (χ1) is 6.07. The van der Waals surface area contributed by atoms with Gasteiger partial charge in [-0.15, -0.1) is 0 Å². The molecule has 0 aliphatic carbocycles. The second kappa shape index (κ2) is 3.75. The van der Waals surface area contributed by atoms with E-state index >= 15 is 0 Å². The van der Waals surface area contributed by atoms with Gasteiger partial charge in [-0.25, -0.2) is 18.2 Å². The van der Waals surface area contributed by atoms with Crippen molar-refractivity contribution in [3.63, 3.8) is 0 Å². The maximum atomic E-state index is 12.8. The van der Waals surface area contributed by atoms with Crippen molar-refractivity contribution < 1.29 is 13.2 Å². The Kier molecular flexibility index (Phi) is 2.88. The van der Waals surface area contributed by atoms with Crippen LogP contribution in [-0.4, -0.2) is 4.98 Å². The number of pyridine rings is 1. The Bertz CT molecular complexity index is 373. The van der Waals surface area contributed by atoms with E-state index in [4.69, 9.17) is 5.26 Å². The average Bonchev–Trinajstić information content (AvgIpc) is 2.07. The van der Waals surface area contributed by atoms with E-state index in [0.717, 1.165) is 0 Å². The van der Waals surface area contributed by atoms with Crippen molar-refractivity contribution in [2.45, 2.75) is 6.43 Å². The van der Waals surface area contributed by atoms with Gasteiger partial charge in [0.1, 0.15) is 16.2 Å². The van der Waals surface area contributed by atoms with Crippen LogP contribution in [-0.2, 0) is 0 Å². The van der Waals surface area contributed by atoms with Crippen molar-refractivity contribution >= 4 is 15.9 Å². The van der Waals surface area contributed by atoms with E-state index < -0.39 is 23.4 Å². The number of rotatable bonds is 1. The van der Waals surface area contributed by atoms with E-state index in [9.17, 15) is 13.2 Å². The predicted octanol–water partition coefficient (Wildman–Crippen LogP) is 2.79. The van der Waals surface area contributed by atoms with Gasteiger partial charge in [-0.1, -0.05) is 0 Å². The fourth-order valence-corrected chi connectivity index (χ4v) is 1.27. The molecule has 0 aromatic carbocycles. The number of hydrogen-bond donors (Lipinski definition) is 0. The molecule has 0 fully saturated rings. The summed E-state index contributed by atoms with van der Waals surface area (Å²) in [6, 6.07) is 1.36. The molecule has 0 saturated carbocycles. The predicted molar refractivity (Wildman–Crippen MR) is 41.6 cm³/mol. The van der Waals surface area contributed by atoms with Crippen molar-refractivity contribution in [2.75, 3.05) is 0 Å². The topological polar surface area (TPSA) is 36.7 Å². The maximum absolute atomic E-state index is 12.8. The second-order valence-electron chi connectivity index (χ2n) is 2.10. The molecule has 0 amide bonds. The SMILES string of the molecule is N#Cc1c(F)cnc(Br)c1C(F)F. The smallest absolute Gasteiger partial charge is 0.246 e. The standard InChI is InChI=1S/C7H2BrF3N2/c8-6-5(7(10)11)3(1-12)4(9)2-13-6/h2,7H. The molecule has 1 heterocycles. The monoisotopic (exact) mass is 250 g/mol. The number of halogens is 4. The van der Waals surface area contributed by atoms with Crippen LogP contribution in [0.25, 0.3) is 0 Å². The van der Waals surface area contributed by atoms with Gasteiger partial charge in [0.05, 0.1) is 11.8 Å². The minimum atomic E-state index is -2.92. The first kappa shape index (κ1) is 9.99. The molecule has 0 N–H and O–H groups in total. The molecule has 0 atom stereocenters. The van der Waals surface area contributed by atoms with E-state index in [1.165, 1.54) is 6.07 Å². The highest BCUT2D eigenvalue weighted by atomic mass is 79.9. The molecule has 0 radical (unpaired) electrons. The fourth-order valence-electron chi connectivity index (χ4n) is 0.792. The number of aromatic nitrogens is 1. The summed E-state index contributed by atoms with van der Waals surface area (Å²) in [6.07, 6.45) is -2.21. The lowest BCUT2D eigenvalue weighted by Gasteiger charge is -2.04. The van der Waals surface area contributed by atoms with Gasteiger partial charge in [-0.2, -0.15) is 5.26 Å². The van der Waals surface area contributed by atoms with Gasteiger partial charge in [0.15, 0.2) is 5.82 Å². The van der Waals surface area contributed by atoms with E-state index in [1.807, 2.05) is 0 Å². The lowest BCUT2D eigenvalue weighted by Crippen LogP contribution is -1.98. The minimum absolute atomic E-state index is 0.208. The van der Waals surface area contributed by atoms with Crippen LogP contribution in [0.15, 0.2) is 10.8 Å². The minimum Gasteiger partial charge on any atom is -0.246 e. The Morgan fingerprint density at radius 1 is 1.54 bits per heavy atom. The molecule has 6 heteroatoms. The summed E-state index contributed by atoms with van der Waals surface area (Å²) in [6.45, 7) is 0. The quantitative estimate of drug-likeness (QED) is 0.719. The summed E-state index contributed by atoms with van der Waals surface area (Å²) in [5, 5.41) is 8.40. The second-order valence-corrected chi connectivity index (χ2v) is 2.85. The summed E-state index contributed by atoms with van der Waals surface area (Å²) < 4.78 is 37.1. The Morgan fingerprint density at radius 3 is 2.54 bits per heavy atom. The van der Waals surface area contributed by atoms with Gasteiger partial charge in [0, 0.05) is 0 Å². The summed E-state index contributed by atoms with van der Waals surface area (Å²) in [7, 11) is 0. The van der Waals surface area contributed by atoms with Gasteiger partial charge in [-0.3, -0.25) is 0 Å². The van der Waals surface area contributed by atoms with Gasteiger partial charge in [-0.05, 0) is 15.9 Å². The molecule has 13 heavy (non-hydrogen) atoms. The van der Waals surface area contributed by atoms with Crippen LogP contribution in [0.2, 0.25) is 0 Å². The first-order valence-electron chi connectivity index (χ1n) is 3.10. The molecular formula is C7H2BrF3N2. The lowest BCUT2D eigenvalue weighted by atomic mass is 10.1. The zero-order valence-electron chi connectivity index (χ0n) is 6.06. The molecule has 1 aromatic rings. The van der Waals surface area contributed by atoms with Crippen LogP contribution in [0.5, 0.6) is 0 Å². The third-order valence-corrected chi connectivity index (χ3v) is 1.98. The highest BCUT2D eigenvalue weighted by Crippen LogP contribution is 2.29. The average molecular weight is 251 g/mol. The third kappa shape index (κ3) is 1.80. The van der Waals surface area contributed by atoms with E-state index in [-0.39, 0.29) is 4.60 Å². The highest BCUT2D eigenvalue weighted by Gasteiger charge is 2.21. The van der Waals surface area contributed by atoms with Crippen LogP contribution in [0, 0.1) is 17.1 Å². The zero-order chi connectivity index (χ0) is 10.0. The Hall–Kier alpha value is -1.09. The number of nitrogens with zero attached hydrogens (tertiary/aromatic N) is 2. The van der Waals surface area contributed by atoms with Gasteiger partial charge in [0.2, 0.25) is 0 Å². The molecular weight excluding hydrogens is 249 g/mol. The van der Waals surface area contributed by atoms with E-state index in [1.54, 1.807) is 0 Å². The van der Waals surface area contributed by atoms with Crippen LogP contribution < -0.4 is 0 Å². The molecule has 0 unspecified atom stereocenters. The summed E-state index contributed by atoms with van der Waals surface area (Å²) >= 11 is 2.71. The van der Waals surface area contributed by atoms with Crippen molar-refractivity contribution in [1.29, 1.82) is 5.26 Å². The maximum Gasteiger partial charge on any atom is 0.267 e.